The van der Waals surface area contributed by atoms with Crippen molar-refractivity contribution in [3.8, 4) is 0 Å². The van der Waals surface area contributed by atoms with Gasteiger partial charge in [0, 0.05) is 43.3 Å². The number of amidine groups is 1. The molecule has 0 saturated carbocycles. The van der Waals surface area contributed by atoms with Crippen LogP contribution in [0.3, 0.4) is 0 Å². The number of nitrogens with one attached hydrogen (secondary N) is 2. The number of pyridine rings is 1. The Kier molecular flexibility index (Phi) is 8.39. The van der Waals surface area contributed by atoms with Crippen LogP contribution in [0.15, 0.2) is 58.8 Å². The maximum atomic E-state index is 12.6. The van der Waals surface area contributed by atoms with Gasteiger partial charge in [-0.3, -0.25) is 19.4 Å². The Morgan fingerprint density at radius 2 is 1.92 bits per heavy atom. The maximum Gasteiger partial charge on any atom is 0.323 e. The number of aliphatic carboxylic acids is 1. The number of anilines is 1. The van der Waals surface area contributed by atoms with Gasteiger partial charge in [-0.1, -0.05) is 5.16 Å². The molecular weight excluding hydrogens is 494 g/mol. The van der Waals surface area contributed by atoms with Gasteiger partial charge in [-0.15, -0.1) is 0 Å². The van der Waals surface area contributed by atoms with Gasteiger partial charge in [-0.25, -0.2) is 8.42 Å². The molecule has 2 amide bonds. The second-order valence-electron chi connectivity index (χ2n) is 7.77. The Labute approximate surface area is 206 Å². The van der Waals surface area contributed by atoms with E-state index < -0.39 is 34.5 Å². The molecule has 0 aliphatic carbocycles. The predicted molar refractivity (Wildman–Crippen MR) is 127 cm³/mol. The molecule has 2 aromatic rings. The summed E-state index contributed by atoms with van der Waals surface area (Å²) in [5.41, 5.74) is 6.81. The number of aromatic nitrogens is 1. The molecule has 0 spiro atoms. The van der Waals surface area contributed by atoms with E-state index in [4.69, 9.17) is 10.9 Å². The highest BCUT2D eigenvalue weighted by molar-refractivity contribution is 7.89. The van der Waals surface area contributed by atoms with Crippen LogP contribution in [0, 0.1) is 0 Å². The van der Waals surface area contributed by atoms with Crippen molar-refractivity contribution in [3.63, 3.8) is 0 Å². The molecule has 192 valence electrons. The number of piperazine rings is 1. The van der Waals surface area contributed by atoms with Crippen LogP contribution in [0.5, 0.6) is 0 Å². The Morgan fingerprint density at radius 1 is 1.19 bits per heavy atom. The van der Waals surface area contributed by atoms with Gasteiger partial charge < -0.3 is 31.2 Å². The summed E-state index contributed by atoms with van der Waals surface area (Å²) in [6.07, 6.45) is 2.44. The van der Waals surface area contributed by atoms with E-state index in [1.165, 1.54) is 23.2 Å². The van der Waals surface area contributed by atoms with Crippen LogP contribution in [-0.4, -0.2) is 91.0 Å². The number of sulfonamides is 1. The normalized spacial score (nSPS) is 15.4. The summed E-state index contributed by atoms with van der Waals surface area (Å²) in [5.74, 6) is -2.47. The summed E-state index contributed by atoms with van der Waals surface area (Å²) in [7, 11) is -4.17. The Morgan fingerprint density at radius 3 is 2.50 bits per heavy atom. The van der Waals surface area contributed by atoms with E-state index in [9.17, 15) is 27.9 Å². The Hall–Kier alpha value is -4.24. The Balaban J connectivity index is 1.52. The minimum absolute atomic E-state index is 0.0128. The second kappa shape index (κ2) is 11.5. The lowest BCUT2D eigenvalue weighted by Crippen LogP contribution is -2.54. The second-order valence-corrected chi connectivity index (χ2v) is 9.49. The lowest BCUT2D eigenvalue weighted by molar-refractivity contribution is -0.139. The smallest absolute Gasteiger partial charge is 0.323 e. The van der Waals surface area contributed by atoms with Crippen molar-refractivity contribution in [3.05, 3.63) is 54.4 Å². The van der Waals surface area contributed by atoms with E-state index in [-0.39, 0.29) is 36.3 Å². The molecule has 0 unspecified atom stereocenters. The molecule has 2 heterocycles. The van der Waals surface area contributed by atoms with Crippen LogP contribution >= 0.6 is 0 Å². The van der Waals surface area contributed by atoms with E-state index in [1.54, 1.807) is 29.2 Å². The van der Waals surface area contributed by atoms with Crippen molar-refractivity contribution in [1.29, 1.82) is 0 Å². The van der Waals surface area contributed by atoms with E-state index in [0.717, 1.165) is 11.9 Å². The molecule has 1 aliphatic rings. The highest BCUT2D eigenvalue weighted by Gasteiger charge is 2.28. The number of carboxylic acids is 1. The number of carbonyl (C=O) groups excluding carboxylic acids is 2. The van der Waals surface area contributed by atoms with Gasteiger partial charge in [0.25, 0.3) is 0 Å². The van der Waals surface area contributed by atoms with Crippen molar-refractivity contribution in [2.24, 2.45) is 10.9 Å². The van der Waals surface area contributed by atoms with E-state index >= 15 is 0 Å². The molecule has 0 radical (unpaired) electrons. The lowest BCUT2D eigenvalue weighted by atomic mass is 10.1. The number of hydrogen-bond acceptors (Lipinski definition) is 9. The number of amides is 2. The third kappa shape index (κ3) is 6.67. The molecule has 1 aromatic heterocycles. The van der Waals surface area contributed by atoms with Gasteiger partial charge >= 0.3 is 5.97 Å². The number of carboxylic acid groups (broad SMARTS) is 1. The van der Waals surface area contributed by atoms with Crippen LogP contribution in [0.1, 0.15) is 5.56 Å². The first-order valence-electron chi connectivity index (χ1n) is 10.6. The van der Waals surface area contributed by atoms with Crippen molar-refractivity contribution >= 4 is 39.3 Å². The lowest BCUT2D eigenvalue weighted by Gasteiger charge is -2.35. The number of benzene rings is 1. The molecule has 14 nitrogen and oxygen atoms in total. The first kappa shape index (κ1) is 26.4. The van der Waals surface area contributed by atoms with Gasteiger partial charge in [0.15, 0.2) is 5.84 Å². The fourth-order valence-electron chi connectivity index (χ4n) is 3.38. The molecule has 1 saturated heterocycles. The van der Waals surface area contributed by atoms with E-state index in [1.807, 2.05) is 4.72 Å². The molecule has 6 N–H and O–H groups in total. The standard InChI is InChI=1S/C21H25N7O7S/c22-20(25-33)14-3-5-15(6-4-14)27-8-9-28(19(30)13-27)12-18(29)24-11-17(21(31)32)26-36(34,35)16-2-1-7-23-10-16/h1-7,10,17,26,33H,8-9,11-13H2,(H2,22,25)(H,24,29)(H,31,32)/t17-/m0/s1. The summed E-state index contributed by atoms with van der Waals surface area (Å²) < 4.78 is 26.7. The summed E-state index contributed by atoms with van der Waals surface area (Å²) in [6, 6.07) is 7.76. The zero-order chi connectivity index (χ0) is 26.3. The summed E-state index contributed by atoms with van der Waals surface area (Å²) in [6.45, 7) is -0.140. The average Bonchev–Trinajstić information content (AvgIpc) is 2.87. The molecule has 1 aliphatic heterocycles. The minimum atomic E-state index is -4.17. The van der Waals surface area contributed by atoms with Crippen molar-refractivity contribution < 1.29 is 33.1 Å². The summed E-state index contributed by atoms with van der Waals surface area (Å²) >= 11 is 0. The number of rotatable bonds is 10. The molecule has 1 fully saturated rings. The first-order valence-corrected chi connectivity index (χ1v) is 12.1. The van der Waals surface area contributed by atoms with Gasteiger partial charge in [0.05, 0.1) is 13.1 Å². The van der Waals surface area contributed by atoms with Crippen LogP contribution < -0.4 is 20.7 Å². The topological polar surface area (TPSA) is 208 Å². The fourth-order valence-corrected chi connectivity index (χ4v) is 4.53. The monoisotopic (exact) mass is 519 g/mol. The van der Waals surface area contributed by atoms with Gasteiger partial charge in [-0.2, -0.15) is 4.72 Å². The molecular formula is C21H25N7O7S. The molecule has 0 bridgehead atoms. The quantitative estimate of drug-likeness (QED) is 0.105. The molecule has 1 aromatic carbocycles. The summed E-state index contributed by atoms with van der Waals surface area (Å²) in [4.78, 5) is 43.1. The summed E-state index contributed by atoms with van der Waals surface area (Å²) in [5, 5.41) is 23.4. The predicted octanol–water partition coefficient (Wildman–Crippen LogP) is -1.63. The fraction of sp³-hybridized carbons (Fsp3) is 0.286. The highest BCUT2D eigenvalue weighted by Crippen LogP contribution is 2.18. The maximum absolute atomic E-state index is 12.6. The van der Waals surface area contributed by atoms with Crippen LogP contribution in [0.4, 0.5) is 5.69 Å². The molecule has 15 heteroatoms. The van der Waals surface area contributed by atoms with Crippen LogP contribution in [-0.2, 0) is 24.4 Å². The van der Waals surface area contributed by atoms with Gasteiger partial charge in [0.2, 0.25) is 21.8 Å². The molecule has 36 heavy (non-hydrogen) atoms. The number of nitrogens with zero attached hydrogens (tertiary/aromatic N) is 4. The third-order valence-corrected chi connectivity index (χ3v) is 6.79. The average molecular weight is 520 g/mol. The highest BCUT2D eigenvalue weighted by atomic mass is 32.2. The molecule has 3 rings (SSSR count). The molecule has 1 atom stereocenters. The number of carbonyl (C=O) groups is 3. The first-order chi connectivity index (χ1) is 17.1. The van der Waals surface area contributed by atoms with Crippen molar-refractivity contribution in [1.82, 2.24) is 19.9 Å². The number of nitrogens with two attached hydrogens (primary N) is 1. The van der Waals surface area contributed by atoms with E-state index in [0.29, 0.717) is 12.1 Å². The zero-order valence-corrected chi connectivity index (χ0v) is 19.8. The van der Waals surface area contributed by atoms with Crippen molar-refractivity contribution in [2.45, 2.75) is 10.9 Å². The van der Waals surface area contributed by atoms with Crippen LogP contribution in [0.25, 0.3) is 0 Å². The van der Waals surface area contributed by atoms with Gasteiger partial charge in [0.1, 0.15) is 10.9 Å². The number of hydrogen-bond donors (Lipinski definition) is 5. The van der Waals surface area contributed by atoms with E-state index in [2.05, 4.69) is 15.5 Å². The zero-order valence-electron chi connectivity index (χ0n) is 18.9. The SMILES string of the molecule is N/C(=N/O)c1ccc(N2CCN(CC(=O)NC[C@H](NS(=O)(=O)c3cccnc3)C(=O)O)C(=O)C2)cc1. The van der Waals surface area contributed by atoms with Crippen LogP contribution in [0.2, 0.25) is 0 Å². The third-order valence-electron chi connectivity index (χ3n) is 5.33. The number of oxime groups is 1. The minimum Gasteiger partial charge on any atom is -0.480 e. The largest absolute Gasteiger partial charge is 0.480 e. The Bertz CT molecular complexity index is 1240. The van der Waals surface area contributed by atoms with Crippen molar-refractivity contribution in [2.75, 3.05) is 37.6 Å². The van der Waals surface area contributed by atoms with Gasteiger partial charge in [-0.05, 0) is 36.4 Å².